The maximum Gasteiger partial charge on any atom is 0.326 e. The van der Waals surface area contributed by atoms with Crippen molar-refractivity contribution >= 4 is 33.4 Å². The highest BCUT2D eigenvalue weighted by Crippen LogP contribution is 2.39. The fourth-order valence-electron chi connectivity index (χ4n) is 3.60. The first-order chi connectivity index (χ1) is 17.5. The molecule has 194 valence electrons. The van der Waals surface area contributed by atoms with Gasteiger partial charge in [0.1, 0.15) is 17.8 Å². The normalized spacial score (nSPS) is 11.4. The summed E-state index contributed by atoms with van der Waals surface area (Å²) >= 11 is 1.29. The van der Waals surface area contributed by atoms with Gasteiger partial charge in [0.15, 0.2) is 16.3 Å². The van der Waals surface area contributed by atoms with Crippen LogP contribution in [0.5, 0.6) is 23.0 Å². The van der Waals surface area contributed by atoms with Crippen molar-refractivity contribution in [3.05, 3.63) is 40.7 Å². The van der Waals surface area contributed by atoms with Gasteiger partial charge in [0.2, 0.25) is 5.75 Å². The van der Waals surface area contributed by atoms with E-state index in [9.17, 15) is 9.59 Å². The van der Waals surface area contributed by atoms with E-state index < -0.39 is 11.9 Å². The van der Waals surface area contributed by atoms with Crippen LogP contribution in [0.1, 0.15) is 45.0 Å². The standard InChI is InChI=1S/C26H32N2O7S/c1-6-31-18-12-11-13-21-23(18)28(16-22(29)34-9-4)26(36-21)27-25(30)17-14-19(32-7-2)24(35-10-5)20(15-17)33-8-3/h11-15H,6-10,16H2,1-5H3. The topological polar surface area (TPSA) is 97.6 Å². The maximum absolute atomic E-state index is 13.4. The van der Waals surface area contributed by atoms with Crippen LogP contribution in [0.4, 0.5) is 0 Å². The van der Waals surface area contributed by atoms with Crippen molar-refractivity contribution in [1.82, 2.24) is 4.57 Å². The van der Waals surface area contributed by atoms with Crippen LogP contribution in [0.25, 0.3) is 10.2 Å². The van der Waals surface area contributed by atoms with Crippen molar-refractivity contribution in [3.63, 3.8) is 0 Å². The van der Waals surface area contributed by atoms with E-state index in [1.54, 1.807) is 23.6 Å². The Bertz CT molecular complexity index is 1250. The summed E-state index contributed by atoms with van der Waals surface area (Å²) in [6.45, 7) is 11.0. The van der Waals surface area contributed by atoms with Gasteiger partial charge in [-0.15, -0.1) is 0 Å². The molecule has 2 aromatic carbocycles. The first-order valence-electron chi connectivity index (χ1n) is 12.0. The van der Waals surface area contributed by atoms with E-state index >= 15 is 0 Å². The second-order valence-corrected chi connectivity index (χ2v) is 8.34. The van der Waals surface area contributed by atoms with E-state index in [0.29, 0.717) is 59.7 Å². The van der Waals surface area contributed by atoms with Crippen LogP contribution < -0.4 is 23.7 Å². The molecule has 0 atom stereocenters. The number of fused-ring (bicyclic) bond motifs is 1. The molecule has 0 aliphatic rings. The van der Waals surface area contributed by atoms with E-state index in [4.69, 9.17) is 23.7 Å². The molecule has 0 aliphatic carbocycles. The van der Waals surface area contributed by atoms with Gasteiger partial charge in [-0.1, -0.05) is 17.4 Å². The third-order valence-corrected chi connectivity index (χ3v) is 5.95. The van der Waals surface area contributed by atoms with Crippen LogP contribution in [0.3, 0.4) is 0 Å². The SMILES string of the molecule is CCOC(=O)Cn1c(=NC(=O)c2cc(OCC)c(OCC)c(OCC)c2)sc2cccc(OCC)c21. The lowest BCUT2D eigenvalue weighted by atomic mass is 10.1. The molecule has 0 spiro atoms. The molecule has 36 heavy (non-hydrogen) atoms. The number of para-hydroxylation sites is 1. The molecular weight excluding hydrogens is 484 g/mol. The van der Waals surface area contributed by atoms with Crippen LogP contribution >= 0.6 is 11.3 Å². The lowest BCUT2D eigenvalue weighted by Gasteiger charge is -2.16. The summed E-state index contributed by atoms with van der Waals surface area (Å²) in [6.07, 6.45) is 0. The Labute approximate surface area is 214 Å². The number of carbonyl (C=O) groups excluding carboxylic acids is 2. The molecule has 0 aliphatic heterocycles. The Kier molecular flexibility index (Phi) is 9.75. The zero-order valence-corrected chi connectivity index (χ0v) is 22.1. The molecule has 10 heteroatoms. The van der Waals surface area contributed by atoms with Gasteiger partial charge in [-0.3, -0.25) is 9.59 Å². The van der Waals surface area contributed by atoms with Gasteiger partial charge < -0.3 is 28.3 Å². The highest BCUT2D eigenvalue weighted by atomic mass is 32.1. The highest BCUT2D eigenvalue weighted by molar-refractivity contribution is 7.16. The third kappa shape index (κ3) is 6.17. The van der Waals surface area contributed by atoms with Crippen molar-refractivity contribution < 1.29 is 33.3 Å². The van der Waals surface area contributed by atoms with E-state index in [1.165, 1.54) is 11.3 Å². The van der Waals surface area contributed by atoms with Crippen molar-refractivity contribution in [1.29, 1.82) is 0 Å². The third-order valence-electron chi connectivity index (χ3n) is 4.91. The number of aromatic nitrogens is 1. The second-order valence-electron chi connectivity index (χ2n) is 7.33. The predicted octanol–water partition coefficient (Wildman–Crippen LogP) is 4.60. The van der Waals surface area contributed by atoms with Crippen molar-refractivity contribution in [2.45, 2.75) is 41.2 Å². The fraction of sp³-hybridized carbons (Fsp3) is 0.423. The summed E-state index contributed by atoms with van der Waals surface area (Å²) in [6, 6.07) is 8.76. The van der Waals surface area contributed by atoms with Crippen LogP contribution in [0.15, 0.2) is 35.3 Å². The van der Waals surface area contributed by atoms with Gasteiger partial charge in [-0.2, -0.15) is 4.99 Å². The van der Waals surface area contributed by atoms with Gasteiger partial charge in [0.05, 0.1) is 37.7 Å². The molecule has 1 aromatic heterocycles. The lowest BCUT2D eigenvalue weighted by molar-refractivity contribution is -0.143. The summed E-state index contributed by atoms with van der Waals surface area (Å²) in [5.41, 5.74) is 0.955. The number of thiazole rings is 1. The Hall–Kier alpha value is -3.53. The summed E-state index contributed by atoms with van der Waals surface area (Å²) in [5, 5.41) is 0. The van der Waals surface area contributed by atoms with Gasteiger partial charge in [-0.25, -0.2) is 0 Å². The fourth-order valence-corrected chi connectivity index (χ4v) is 4.65. The zero-order chi connectivity index (χ0) is 26.1. The molecule has 3 aromatic rings. The van der Waals surface area contributed by atoms with Crippen LogP contribution in [-0.4, -0.2) is 49.5 Å². The summed E-state index contributed by atoms with van der Waals surface area (Å²) in [4.78, 5) is 30.5. The minimum absolute atomic E-state index is 0.109. The number of ether oxygens (including phenoxy) is 5. The van der Waals surface area contributed by atoms with E-state index in [-0.39, 0.29) is 18.7 Å². The Morgan fingerprint density at radius 3 is 2.03 bits per heavy atom. The summed E-state index contributed by atoms with van der Waals surface area (Å²) < 4.78 is 30.6. The van der Waals surface area contributed by atoms with Gasteiger partial charge in [0, 0.05) is 5.56 Å². The van der Waals surface area contributed by atoms with E-state index in [2.05, 4.69) is 4.99 Å². The number of esters is 1. The second kappa shape index (κ2) is 13.0. The quantitative estimate of drug-likeness (QED) is 0.325. The summed E-state index contributed by atoms with van der Waals surface area (Å²) in [5.74, 6) is 0.898. The number of benzene rings is 2. The first kappa shape index (κ1) is 27.1. The Morgan fingerprint density at radius 2 is 1.44 bits per heavy atom. The van der Waals surface area contributed by atoms with Gasteiger partial charge >= 0.3 is 5.97 Å². The zero-order valence-electron chi connectivity index (χ0n) is 21.3. The van der Waals surface area contributed by atoms with Crippen molar-refractivity contribution in [2.24, 2.45) is 4.99 Å². The molecule has 3 rings (SSSR count). The maximum atomic E-state index is 13.4. The number of hydrogen-bond donors (Lipinski definition) is 0. The molecule has 0 saturated carbocycles. The van der Waals surface area contributed by atoms with Gasteiger partial charge in [0.25, 0.3) is 5.91 Å². The highest BCUT2D eigenvalue weighted by Gasteiger charge is 2.20. The molecule has 0 unspecified atom stereocenters. The van der Waals surface area contributed by atoms with Crippen LogP contribution in [0.2, 0.25) is 0 Å². The molecule has 0 saturated heterocycles. The van der Waals surface area contributed by atoms with E-state index in [0.717, 1.165) is 4.70 Å². The minimum atomic E-state index is -0.512. The number of amides is 1. The van der Waals surface area contributed by atoms with Crippen molar-refractivity contribution in [3.8, 4) is 23.0 Å². The van der Waals surface area contributed by atoms with Crippen LogP contribution in [-0.2, 0) is 16.1 Å². The van der Waals surface area contributed by atoms with E-state index in [1.807, 2.05) is 45.9 Å². The largest absolute Gasteiger partial charge is 0.492 e. The average Bonchev–Trinajstić information content (AvgIpc) is 3.19. The molecule has 1 amide bonds. The molecule has 0 bridgehead atoms. The molecule has 0 radical (unpaired) electrons. The molecule has 1 heterocycles. The molecule has 0 N–H and O–H groups in total. The predicted molar refractivity (Wildman–Crippen MR) is 137 cm³/mol. The monoisotopic (exact) mass is 516 g/mol. The number of nitrogens with zero attached hydrogens (tertiary/aromatic N) is 2. The average molecular weight is 517 g/mol. The number of hydrogen-bond acceptors (Lipinski definition) is 8. The Balaban J connectivity index is 2.17. The molecular formula is C26H32N2O7S. The van der Waals surface area contributed by atoms with Crippen LogP contribution in [0, 0.1) is 0 Å². The number of carbonyl (C=O) groups is 2. The number of rotatable bonds is 12. The lowest BCUT2D eigenvalue weighted by Crippen LogP contribution is -2.23. The first-order valence-corrected chi connectivity index (χ1v) is 12.8. The summed E-state index contributed by atoms with van der Waals surface area (Å²) in [7, 11) is 0. The minimum Gasteiger partial charge on any atom is -0.492 e. The smallest absolute Gasteiger partial charge is 0.326 e. The molecule has 0 fully saturated rings. The molecule has 9 nitrogen and oxygen atoms in total. The van der Waals surface area contributed by atoms with Crippen molar-refractivity contribution in [2.75, 3.05) is 33.0 Å². The van der Waals surface area contributed by atoms with Gasteiger partial charge in [-0.05, 0) is 58.9 Å². The Morgan fingerprint density at radius 1 is 0.833 bits per heavy atom.